The quantitative estimate of drug-likeness (QED) is 0.723. The second kappa shape index (κ2) is 6.51. The van der Waals surface area contributed by atoms with Crippen LogP contribution >= 0.6 is 27.5 Å². The lowest BCUT2D eigenvalue weighted by molar-refractivity contribution is 0.506. The Morgan fingerprint density at radius 1 is 1.14 bits per heavy atom. The van der Waals surface area contributed by atoms with Gasteiger partial charge in [0.25, 0.3) is 0 Å². The minimum Gasteiger partial charge on any atom is -0.320 e. The molecule has 0 saturated heterocycles. The van der Waals surface area contributed by atoms with Crippen LogP contribution in [0.4, 0.5) is 0 Å². The van der Waals surface area contributed by atoms with Crippen LogP contribution in [-0.2, 0) is 5.41 Å². The van der Waals surface area contributed by atoms with Gasteiger partial charge in [-0.2, -0.15) is 0 Å². The van der Waals surface area contributed by atoms with E-state index < -0.39 is 0 Å². The average molecular weight is 367 g/mol. The number of hydrogen-bond acceptors (Lipinski definition) is 1. The molecule has 1 unspecified atom stereocenters. The zero-order chi connectivity index (χ0) is 15.6. The van der Waals surface area contributed by atoms with Crippen LogP contribution in [0, 0.1) is 0 Å². The summed E-state index contributed by atoms with van der Waals surface area (Å²) in [6, 6.07) is 14.1. The van der Waals surface area contributed by atoms with Crippen molar-refractivity contribution in [3.05, 3.63) is 68.7 Å². The fraction of sp³-hybridized carbons (Fsp3) is 0.333. The summed E-state index contributed by atoms with van der Waals surface area (Å²) in [6.45, 7) is 6.73. The van der Waals surface area contributed by atoms with E-state index in [2.05, 4.69) is 61.0 Å². The predicted molar refractivity (Wildman–Crippen MR) is 94.9 cm³/mol. The fourth-order valence-electron chi connectivity index (χ4n) is 2.28. The van der Waals surface area contributed by atoms with Gasteiger partial charge in [0.2, 0.25) is 0 Å². The highest BCUT2D eigenvalue weighted by molar-refractivity contribution is 9.10. The molecule has 0 spiro atoms. The summed E-state index contributed by atoms with van der Waals surface area (Å²) in [7, 11) is 0. The van der Waals surface area contributed by atoms with Crippen LogP contribution in [0.1, 0.15) is 49.9 Å². The fourth-order valence-corrected chi connectivity index (χ4v) is 2.95. The first-order valence-corrected chi connectivity index (χ1v) is 8.33. The number of benzene rings is 2. The van der Waals surface area contributed by atoms with E-state index in [1.54, 1.807) is 0 Å². The minimum atomic E-state index is -0.183. The standard InChI is InChI=1S/C18H21BrClN/c1-4-18(2,3)13-7-5-12(6-8-13)17(21)15-11-14(20)9-10-16(15)19/h5-11,17H,4,21H2,1-3H3. The van der Waals surface area contributed by atoms with Crippen molar-refractivity contribution in [2.24, 2.45) is 5.73 Å². The van der Waals surface area contributed by atoms with Gasteiger partial charge in [0.15, 0.2) is 0 Å². The zero-order valence-corrected chi connectivity index (χ0v) is 15.0. The second-order valence-electron chi connectivity index (χ2n) is 6.00. The van der Waals surface area contributed by atoms with E-state index in [4.69, 9.17) is 17.3 Å². The van der Waals surface area contributed by atoms with Crippen molar-refractivity contribution in [1.82, 2.24) is 0 Å². The smallest absolute Gasteiger partial charge is 0.0563 e. The monoisotopic (exact) mass is 365 g/mol. The topological polar surface area (TPSA) is 26.0 Å². The molecule has 3 heteroatoms. The van der Waals surface area contributed by atoms with Crippen molar-refractivity contribution in [3.8, 4) is 0 Å². The molecule has 0 amide bonds. The van der Waals surface area contributed by atoms with Crippen molar-refractivity contribution in [3.63, 3.8) is 0 Å². The molecule has 0 aromatic heterocycles. The highest BCUT2D eigenvalue weighted by Crippen LogP contribution is 2.31. The van der Waals surface area contributed by atoms with E-state index in [-0.39, 0.29) is 11.5 Å². The van der Waals surface area contributed by atoms with Crippen molar-refractivity contribution >= 4 is 27.5 Å². The molecule has 0 heterocycles. The lowest BCUT2D eigenvalue weighted by Crippen LogP contribution is -2.16. The van der Waals surface area contributed by atoms with E-state index >= 15 is 0 Å². The van der Waals surface area contributed by atoms with Gasteiger partial charge in [0, 0.05) is 9.50 Å². The van der Waals surface area contributed by atoms with Crippen LogP contribution in [0.25, 0.3) is 0 Å². The third-order valence-corrected chi connectivity index (χ3v) is 5.19. The minimum absolute atomic E-state index is 0.183. The molecule has 0 aliphatic heterocycles. The third-order valence-electron chi connectivity index (χ3n) is 4.23. The number of rotatable bonds is 4. The molecule has 2 rings (SSSR count). The number of halogens is 2. The van der Waals surface area contributed by atoms with Gasteiger partial charge in [0.1, 0.15) is 0 Å². The molecule has 1 nitrogen and oxygen atoms in total. The molecular weight excluding hydrogens is 346 g/mol. The maximum Gasteiger partial charge on any atom is 0.0563 e. The molecule has 0 bridgehead atoms. The maximum absolute atomic E-state index is 6.39. The second-order valence-corrected chi connectivity index (χ2v) is 7.29. The first-order chi connectivity index (χ1) is 9.85. The molecular formula is C18H21BrClN. The highest BCUT2D eigenvalue weighted by Gasteiger charge is 2.19. The first-order valence-electron chi connectivity index (χ1n) is 7.16. The summed E-state index contributed by atoms with van der Waals surface area (Å²) >= 11 is 9.62. The molecule has 0 fully saturated rings. The third kappa shape index (κ3) is 3.68. The Kier molecular flexibility index (Phi) is 5.13. The molecule has 2 N–H and O–H groups in total. The van der Waals surface area contributed by atoms with Crippen molar-refractivity contribution in [1.29, 1.82) is 0 Å². The molecule has 2 aromatic rings. The van der Waals surface area contributed by atoms with Crippen molar-refractivity contribution in [2.45, 2.75) is 38.6 Å². The average Bonchev–Trinajstić information content (AvgIpc) is 2.49. The molecule has 0 radical (unpaired) electrons. The number of nitrogens with two attached hydrogens (primary N) is 1. The van der Waals surface area contributed by atoms with Crippen LogP contribution in [-0.4, -0.2) is 0 Å². The van der Waals surface area contributed by atoms with Gasteiger partial charge in [-0.3, -0.25) is 0 Å². The summed E-state index contributed by atoms with van der Waals surface area (Å²) in [4.78, 5) is 0. The van der Waals surface area contributed by atoms with Gasteiger partial charge < -0.3 is 5.73 Å². The van der Waals surface area contributed by atoms with Gasteiger partial charge in [0.05, 0.1) is 6.04 Å². The number of hydrogen-bond donors (Lipinski definition) is 1. The SMILES string of the molecule is CCC(C)(C)c1ccc(C(N)c2cc(Cl)ccc2Br)cc1. The normalized spacial score (nSPS) is 13.2. The van der Waals surface area contributed by atoms with Crippen LogP contribution < -0.4 is 5.73 Å². The van der Waals surface area contributed by atoms with Gasteiger partial charge in [-0.05, 0) is 46.7 Å². The van der Waals surface area contributed by atoms with Crippen molar-refractivity contribution in [2.75, 3.05) is 0 Å². The Morgan fingerprint density at radius 3 is 2.33 bits per heavy atom. The van der Waals surface area contributed by atoms with Crippen LogP contribution in [0.2, 0.25) is 5.02 Å². The van der Waals surface area contributed by atoms with Crippen LogP contribution in [0.5, 0.6) is 0 Å². The molecule has 21 heavy (non-hydrogen) atoms. The Morgan fingerprint density at radius 2 is 1.76 bits per heavy atom. The van der Waals surface area contributed by atoms with Crippen LogP contribution in [0.3, 0.4) is 0 Å². The molecule has 2 aromatic carbocycles. The van der Waals surface area contributed by atoms with E-state index in [1.165, 1.54) is 5.56 Å². The van der Waals surface area contributed by atoms with Gasteiger partial charge in [-0.1, -0.05) is 72.6 Å². The van der Waals surface area contributed by atoms with Crippen LogP contribution in [0.15, 0.2) is 46.9 Å². The van der Waals surface area contributed by atoms with Gasteiger partial charge in [-0.15, -0.1) is 0 Å². The molecule has 112 valence electrons. The summed E-state index contributed by atoms with van der Waals surface area (Å²) < 4.78 is 0.984. The molecule has 0 saturated carbocycles. The zero-order valence-electron chi connectivity index (χ0n) is 12.7. The summed E-state index contributed by atoms with van der Waals surface area (Å²) in [5.74, 6) is 0. The van der Waals surface area contributed by atoms with E-state index in [9.17, 15) is 0 Å². The van der Waals surface area contributed by atoms with E-state index in [0.717, 1.165) is 22.0 Å². The largest absolute Gasteiger partial charge is 0.320 e. The Bertz CT molecular complexity index is 620. The highest BCUT2D eigenvalue weighted by atomic mass is 79.9. The molecule has 0 aliphatic rings. The summed E-state index contributed by atoms with van der Waals surface area (Å²) in [5.41, 5.74) is 10.0. The first kappa shape index (κ1) is 16.5. The summed E-state index contributed by atoms with van der Waals surface area (Å²) in [5, 5.41) is 0.701. The predicted octanol–water partition coefficient (Wildman–Crippen LogP) is 5.84. The molecule has 0 aliphatic carbocycles. The Labute approximate surface area is 140 Å². The molecule has 1 atom stereocenters. The Balaban J connectivity index is 2.32. The maximum atomic E-state index is 6.39. The Hall–Kier alpha value is -0.830. The van der Waals surface area contributed by atoms with Gasteiger partial charge in [-0.25, -0.2) is 0 Å². The van der Waals surface area contributed by atoms with Crippen molar-refractivity contribution < 1.29 is 0 Å². The van der Waals surface area contributed by atoms with E-state index in [1.807, 2.05) is 18.2 Å². The van der Waals surface area contributed by atoms with E-state index in [0.29, 0.717) is 5.02 Å². The lowest BCUT2D eigenvalue weighted by atomic mass is 9.81. The lowest BCUT2D eigenvalue weighted by Gasteiger charge is -2.24. The van der Waals surface area contributed by atoms with Gasteiger partial charge >= 0.3 is 0 Å². The summed E-state index contributed by atoms with van der Waals surface area (Å²) in [6.07, 6.45) is 1.11.